The second kappa shape index (κ2) is 5.35. The van der Waals surface area contributed by atoms with Crippen LogP contribution in [0.1, 0.15) is 6.92 Å². The van der Waals surface area contributed by atoms with Gasteiger partial charge in [-0.3, -0.25) is 10.1 Å². The molecule has 0 aromatic heterocycles. The molecule has 0 bridgehead atoms. The summed E-state index contributed by atoms with van der Waals surface area (Å²) in [5, 5.41) is 3.02. The third-order valence-electron chi connectivity index (χ3n) is 1.77. The van der Waals surface area contributed by atoms with E-state index in [0.717, 1.165) is 0 Å². The molecule has 5 heteroatoms. The molecule has 0 saturated carbocycles. The average Bonchev–Trinajstić information content (AvgIpc) is 2.04. The van der Waals surface area contributed by atoms with E-state index in [1.165, 1.54) is 7.11 Å². The molecular formula is C7H14ClNO3. The van der Waals surface area contributed by atoms with Crippen molar-refractivity contribution in [1.29, 1.82) is 0 Å². The van der Waals surface area contributed by atoms with Crippen molar-refractivity contribution in [2.75, 3.05) is 20.3 Å². The lowest BCUT2D eigenvalue weighted by atomic mass is 10.1. The number of halogens is 1. The van der Waals surface area contributed by atoms with E-state index in [1.54, 1.807) is 0 Å². The molecule has 1 fully saturated rings. The van der Waals surface area contributed by atoms with E-state index in [4.69, 9.17) is 4.74 Å². The Morgan fingerprint density at radius 2 is 2.33 bits per heavy atom. The average molecular weight is 196 g/mol. The molecule has 2 unspecified atom stereocenters. The first-order chi connectivity index (χ1) is 5.25. The largest absolute Gasteiger partial charge is 0.468 e. The second-order valence-corrected chi connectivity index (χ2v) is 2.53. The summed E-state index contributed by atoms with van der Waals surface area (Å²) in [5.74, 6) is -0.253. The number of morpholine rings is 1. The monoisotopic (exact) mass is 195 g/mol. The van der Waals surface area contributed by atoms with Crippen LogP contribution in [0.4, 0.5) is 0 Å². The third-order valence-corrected chi connectivity index (χ3v) is 1.77. The topological polar surface area (TPSA) is 47.6 Å². The Hall–Kier alpha value is -0.320. The minimum absolute atomic E-state index is 0. The molecule has 1 heterocycles. The summed E-state index contributed by atoms with van der Waals surface area (Å²) >= 11 is 0. The Morgan fingerprint density at radius 3 is 2.83 bits per heavy atom. The van der Waals surface area contributed by atoms with Crippen LogP contribution in [0.15, 0.2) is 0 Å². The van der Waals surface area contributed by atoms with Gasteiger partial charge in [0.05, 0.1) is 19.8 Å². The molecule has 12 heavy (non-hydrogen) atoms. The summed E-state index contributed by atoms with van der Waals surface area (Å²) in [6, 6.07) is -0.297. The van der Waals surface area contributed by atoms with Crippen molar-refractivity contribution < 1.29 is 14.3 Å². The van der Waals surface area contributed by atoms with Crippen molar-refractivity contribution >= 4 is 18.4 Å². The van der Waals surface area contributed by atoms with Gasteiger partial charge in [0.2, 0.25) is 0 Å². The highest BCUT2D eigenvalue weighted by molar-refractivity contribution is 5.85. The van der Waals surface area contributed by atoms with E-state index >= 15 is 0 Å². The molecule has 1 saturated heterocycles. The Bertz CT molecular complexity index is 154. The number of hydrogen-bond donors (Lipinski definition) is 1. The van der Waals surface area contributed by atoms with Gasteiger partial charge in [-0.25, -0.2) is 0 Å². The Morgan fingerprint density at radius 1 is 1.67 bits per heavy atom. The van der Waals surface area contributed by atoms with Gasteiger partial charge in [-0.15, -0.1) is 12.4 Å². The number of esters is 1. The smallest absolute Gasteiger partial charge is 0.325 e. The number of carbonyl (C=O) groups is 1. The molecule has 0 aromatic rings. The minimum atomic E-state index is -0.297. The molecule has 1 aliphatic heterocycles. The first kappa shape index (κ1) is 11.7. The van der Waals surface area contributed by atoms with Crippen LogP contribution in [0.3, 0.4) is 0 Å². The van der Waals surface area contributed by atoms with Crippen LogP contribution in [0.5, 0.6) is 0 Å². The predicted molar refractivity (Wildman–Crippen MR) is 46.5 cm³/mol. The summed E-state index contributed by atoms with van der Waals surface area (Å²) in [6.07, 6.45) is -0.0869. The van der Waals surface area contributed by atoms with Gasteiger partial charge >= 0.3 is 5.97 Å². The summed E-state index contributed by atoms with van der Waals surface area (Å²) in [7, 11) is 1.38. The first-order valence-corrected chi connectivity index (χ1v) is 3.68. The third kappa shape index (κ3) is 2.62. The highest BCUT2D eigenvalue weighted by Crippen LogP contribution is 2.04. The summed E-state index contributed by atoms with van der Waals surface area (Å²) < 4.78 is 9.83. The van der Waals surface area contributed by atoms with E-state index in [0.29, 0.717) is 13.2 Å². The molecule has 0 spiro atoms. The van der Waals surface area contributed by atoms with Gasteiger partial charge in [-0.05, 0) is 6.92 Å². The van der Waals surface area contributed by atoms with Crippen LogP contribution in [-0.2, 0) is 14.3 Å². The number of methoxy groups -OCH3 is 1. The fraction of sp³-hybridized carbons (Fsp3) is 0.857. The Balaban J connectivity index is 0.00000121. The van der Waals surface area contributed by atoms with Crippen LogP contribution in [-0.4, -0.2) is 38.4 Å². The summed E-state index contributed by atoms with van der Waals surface area (Å²) in [6.45, 7) is 3.23. The lowest BCUT2D eigenvalue weighted by Gasteiger charge is -2.27. The molecule has 1 rings (SSSR count). The van der Waals surface area contributed by atoms with Crippen LogP contribution in [0, 0.1) is 0 Å². The van der Waals surface area contributed by atoms with E-state index in [-0.39, 0.29) is 30.5 Å². The number of nitrogens with one attached hydrogen (secondary N) is 1. The van der Waals surface area contributed by atoms with Crippen LogP contribution < -0.4 is 5.32 Å². The molecule has 0 amide bonds. The van der Waals surface area contributed by atoms with Crippen molar-refractivity contribution in [3.05, 3.63) is 0 Å². The van der Waals surface area contributed by atoms with Gasteiger partial charge in [0, 0.05) is 6.54 Å². The van der Waals surface area contributed by atoms with Crippen molar-refractivity contribution in [2.45, 2.75) is 19.1 Å². The Kier molecular flexibility index (Phi) is 5.20. The molecule has 2 atom stereocenters. The van der Waals surface area contributed by atoms with Crippen molar-refractivity contribution in [1.82, 2.24) is 5.32 Å². The minimum Gasteiger partial charge on any atom is -0.468 e. The second-order valence-electron chi connectivity index (χ2n) is 2.53. The summed E-state index contributed by atoms with van der Waals surface area (Å²) in [5.41, 5.74) is 0. The SMILES string of the molecule is COC(=O)C1NCCOC1C.Cl. The number of ether oxygens (including phenoxy) is 2. The lowest BCUT2D eigenvalue weighted by Crippen LogP contribution is -2.52. The van der Waals surface area contributed by atoms with Gasteiger partial charge in [-0.2, -0.15) is 0 Å². The molecule has 0 aliphatic carbocycles. The zero-order valence-electron chi connectivity index (χ0n) is 7.20. The maximum absolute atomic E-state index is 11.0. The van der Waals surface area contributed by atoms with Crippen molar-refractivity contribution in [3.8, 4) is 0 Å². The lowest BCUT2D eigenvalue weighted by molar-refractivity contribution is -0.149. The molecule has 0 aromatic carbocycles. The maximum atomic E-state index is 11.0. The number of carbonyl (C=O) groups excluding carboxylic acids is 1. The van der Waals surface area contributed by atoms with Crippen LogP contribution >= 0.6 is 12.4 Å². The number of hydrogen-bond acceptors (Lipinski definition) is 4. The van der Waals surface area contributed by atoms with Gasteiger partial charge in [-0.1, -0.05) is 0 Å². The molecule has 72 valence electrons. The van der Waals surface area contributed by atoms with Crippen LogP contribution in [0.25, 0.3) is 0 Å². The zero-order chi connectivity index (χ0) is 8.27. The van der Waals surface area contributed by atoms with Gasteiger partial charge < -0.3 is 9.47 Å². The highest BCUT2D eigenvalue weighted by Gasteiger charge is 2.28. The highest BCUT2D eigenvalue weighted by atomic mass is 35.5. The Labute approximate surface area is 78.0 Å². The maximum Gasteiger partial charge on any atom is 0.325 e. The molecule has 4 nitrogen and oxygen atoms in total. The van der Waals surface area contributed by atoms with E-state index in [1.807, 2.05) is 6.92 Å². The fourth-order valence-corrected chi connectivity index (χ4v) is 1.12. The number of rotatable bonds is 1. The van der Waals surface area contributed by atoms with Crippen molar-refractivity contribution in [3.63, 3.8) is 0 Å². The summed E-state index contributed by atoms with van der Waals surface area (Å²) in [4.78, 5) is 11.0. The van der Waals surface area contributed by atoms with Crippen molar-refractivity contribution in [2.24, 2.45) is 0 Å². The molecule has 0 radical (unpaired) electrons. The normalized spacial score (nSPS) is 28.8. The van der Waals surface area contributed by atoms with Gasteiger partial charge in [0.1, 0.15) is 6.04 Å². The molecule has 1 N–H and O–H groups in total. The van der Waals surface area contributed by atoms with Gasteiger partial charge in [0.25, 0.3) is 0 Å². The standard InChI is InChI=1S/C7H13NO3.ClH/c1-5-6(7(9)10-2)8-3-4-11-5;/h5-6,8H,3-4H2,1-2H3;1H. The predicted octanol–water partition coefficient (Wildman–Crippen LogP) is -0.0419. The quantitative estimate of drug-likeness (QED) is 0.597. The van der Waals surface area contributed by atoms with Gasteiger partial charge in [0.15, 0.2) is 0 Å². The van der Waals surface area contributed by atoms with E-state index in [2.05, 4.69) is 10.1 Å². The zero-order valence-corrected chi connectivity index (χ0v) is 8.02. The van der Waals surface area contributed by atoms with E-state index < -0.39 is 0 Å². The fourth-order valence-electron chi connectivity index (χ4n) is 1.12. The van der Waals surface area contributed by atoms with E-state index in [9.17, 15) is 4.79 Å². The van der Waals surface area contributed by atoms with Crippen LogP contribution in [0.2, 0.25) is 0 Å². The molecular weight excluding hydrogens is 182 g/mol. The molecule has 1 aliphatic rings. The first-order valence-electron chi connectivity index (χ1n) is 3.68.